The maximum atomic E-state index is 13.3. The number of quaternary nitrogens is 1. The maximum Gasteiger partial charge on any atom is 0.516 e. The zero-order valence-electron chi connectivity index (χ0n) is 14.4. The minimum absolute atomic E-state index is 0.119. The van der Waals surface area contributed by atoms with Crippen molar-refractivity contribution in [3.8, 4) is 0 Å². The fraction of sp³-hybridized carbons (Fsp3) is 0.625. The van der Waals surface area contributed by atoms with Crippen molar-refractivity contribution < 1.29 is 19.3 Å². The van der Waals surface area contributed by atoms with Crippen LogP contribution in [0, 0.1) is 10.8 Å². The molecule has 1 aromatic carbocycles. The van der Waals surface area contributed by atoms with Crippen LogP contribution in [0.3, 0.4) is 0 Å². The number of anilines is 1. The number of rotatable bonds is 5. The third kappa shape index (κ3) is 6.07. The van der Waals surface area contributed by atoms with E-state index in [9.17, 15) is 8.76 Å². The normalized spacial score (nSPS) is 16.9. The standard InChI is InChI=1S/C16H29FN2O2P/c1-15(2,3)11-14(16(4,5)6)12-7-9-13(10-8-12)19-22(17,20)21-18/h7-10,14H,11H2,1-6,18H3,(H,19,20)/q+1. The van der Waals surface area contributed by atoms with Gasteiger partial charge in [-0.25, -0.2) is 10.5 Å². The molecule has 0 radical (unpaired) electrons. The second-order valence-electron chi connectivity index (χ2n) is 8.03. The Bertz CT molecular complexity index is 533. The summed E-state index contributed by atoms with van der Waals surface area (Å²) in [6.07, 6.45) is 1.05. The van der Waals surface area contributed by atoms with Crippen molar-refractivity contribution in [2.24, 2.45) is 10.8 Å². The van der Waals surface area contributed by atoms with Crippen LogP contribution >= 0.6 is 7.83 Å². The fourth-order valence-electron chi connectivity index (χ4n) is 2.51. The number of halogens is 1. The molecule has 0 fully saturated rings. The molecule has 22 heavy (non-hydrogen) atoms. The fourth-order valence-corrected chi connectivity index (χ4v) is 3.03. The van der Waals surface area contributed by atoms with Gasteiger partial charge in [0.2, 0.25) is 0 Å². The minimum Gasteiger partial charge on any atom is -0.286 e. The van der Waals surface area contributed by atoms with Crippen LogP contribution < -0.4 is 11.0 Å². The van der Waals surface area contributed by atoms with Crippen molar-refractivity contribution >= 4 is 13.5 Å². The summed E-state index contributed by atoms with van der Waals surface area (Å²) < 4.78 is 28.7. The first-order valence-corrected chi connectivity index (χ1v) is 8.97. The Morgan fingerprint density at radius 2 is 1.68 bits per heavy atom. The van der Waals surface area contributed by atoms with E-state index >= 15 is 0 Å². The quantitative estimate of drug-likeness (QED) is 0.595. The first-order valence-electron chi connectivity index (χ1n) is 7.46. The first-order chi connectivity index (χ1) is 9.84. The summed E-state index contributed by atoms with van der Waals surface area (Å²) in [5, 5.41) is 2.23. The van der Waals surface area contributed by atoms with E-state index in [0.29, 0.717) is 11.6 Å². The molecule has 0 saturated heterocycles. The van der Waals surface area contributed by atoms with E-state index in [-0.39, 0.29) is 10.8 Å². The molecule has 0 heterocycles. The van der Waals surface area contributed by atoms with Crippen LogP contribution in [0.1, 0.15) is 59.4 Å². The zero-order valence-corrected chi connectivity index (χ0v) is 15.3. The molecule has 0 spiro atoms. The first kappa shape index (κ1) is 19.1. The third-order valence-electron chi connectivity index (χ3n) is 3.60. The molecule has 6 heteroatoms. The average molecular weight is 331 g/mol. The van der Waals surface area contributed by atoms with Crippen LogP contribution in [0.4, 0.5) is 9.88 Å². The number of nitrogens with one attached hydrogen (secondary N) is 1. The Hall–Kier alpha value is -0.900. The Balaban J connectivity index is 3.01. The molecule has 1 aromatic rings. The van der Waals surface area contributed by atoms with E-state index in [1.54, 1.807) is 12.1 Å². The van der Waals surface area contributed by atoms with Crippen LogP contribution in [-0.4, -0.2) is 0 Å². The van der Waals surface area contributed by atoms with E-state index in [2.05, 4.69) is 57.2 Å². The molecular weight excluding hydrogens is 302 g/mol. The molecular formula is C16H29FN2O2P+. The van der Waals surface area contributed by atoms with Gasteiger partial charge < -0.3 is 0 Å². The number of hydrogen-bond donors (Lipinski definition) is 2. The third-order valence-corrected chi connectivity index (χ3v) is 4.46. The second kappa shape index (κ2) is 6.69. The number of benzene rings is 1. The smallest absolute Gasteiger partial charge is 0.286 e. The molecule has 0 saturated carbocycles. The van der Waals surface area contributed by atoms with E-state index in [0.717, 1.165) is 6.42 Å². The topological polar surface area (TPSA) is 66.0 Å². The summed E-state index contributed by atoms with van der Waals surface area (Å²) in [5.41, 5.74) is 1.94. The molecule has 126 valence electrons. The summed E-state index contributed by atoms with van der Waals surface area (Å²) in [6.45, 7) is 13.4. The monoisotopic (exact) mass is 331 g/mol. The molecule has 0 aromatic heterocycles. The molecule has 4 nitrogen and oxygen atoms in total. The Kier molecular flexibility index (Phi) is 5.82. The van der Waals surface area contributed by atoms with Gasteiger partial charge >= 0.3 is 7.83 Å². The zero-order chi connectivity index (χ0) is 17.2. The number of hydrogen-bond acceptors (Lipinski definition) is 2. The highest BCUT2D eigenvalue weighted by Gasteiger charge is 2.30. The van der Waals surface area contributed by atoms with Gasteiger partial charge in [-0.15, -0.1) is 4.20 Å². The van der Waals surface area contributed by atoms with Gasteiger partial charge in [-0.05, 0) is 40.9 Å². The predicted octanol–water partition coefficient (Wildman–Crippen LogP) is 4.92. The molecule has 0 aliphatic heterocycles. The summed E-state index contributed by atoms with van der Waals surface area (Å²) in [4.78, 5) is 0. The molecule has 0 aliphatic rings. The van der Waals surface area contributed by atoms with Gasteiger partial charge in [0.15, 0.2) is 0 Å². The van der Waals surface area contributed by atoms with E-state index in [1.165, 1.54) is 5.56 Å². The summed E-state index contributed by atoms with van der Waals surface area (Å²) >= 11 is 0. The van der Waals surface area contributed by atoms with Crippen molar-refractivity contribution in [2.75, 3.05) is 5.09 Å². The van der Waals surface area contributed by atoms with Crippen molar-refractivity contribution in [1.82, 2.24) is 0 Å². The lowest BCUT2D eigenvalue weighted by Gasteiger charge is -2.36. The van der Waals surface area contributed by atoms with Gasteiger partial charge in [-0.1, -0.05) is 58.3 Å². The van der Waals surface area contributed by atoms with Crippen LogP contribution in [0.2, 0.25) is 0 Å². The largest absolute Gasteiger partial charge is 0.516 e. The van der Waals surface area contributed by atoms with Crippen molar-refractivity contribution in [1.29, 1.82) is 0 Å². The Morgan fingerprint density at radius 3 is 2.05 bits per heavy atom. The lowest BCUT2D eigenvalue weighted by molar-refractivity contribution is -0.639. The van der Waals surface area contributed by atoms with E-state index in [4.69, 9.17) is 0 Å². The average Bonchev–Trinajstić information content (AvgIpc) is 2.34. The summed E-state index contributed by atoms with van der Waals surface area (Å²) in [6, 6.07) is 7.35. The highest BCUT2D eigenvalue weighted by molar-refractivity contribution is 7.54. The SMILES string of the molecule is CC(C)(C)CC(c1ccc(NP(=O)(F)O[NH3+])cc1)C(C)(C)C. The van der Waals surface area contributed by atoms with Crippen molar-refractivity contribution in [2.45, 2.75) is 53.9 Å². The lowest BCUT2D eigenvalue weighted by atomic mass is 9.69. The molecule has 0 amide bonds. The van der Waals surface area contributed by atoms with Crippen molar-refractivity contribution in [3.05, 3.63) is 29.8 Å². The molecule has 2 atom stereocenters. The van der Waals surface area contributed by atoms with Gasteiger partial charge in [0.1, 0.15) is 0 Å². The molecule has 2 unspecified atom stereocenters. The summed E-state index contributed by atoms with van der Waals surface area (Å²) in [5.74, 6) is 3.25. The Morgan fingerprint density at radius 1 is 1.18 bits per heavy atom. The molecule has 4 N–H and O–H groups in total. The molecule has 0 aliphatic carbocycles. The molecule has 1 rings (SSSR count). The van der Waals surface area contributed by atoms with Gasteiger partial charge in [0, 0.05) is 5.69 Å². The molecule has 0 bridgehead atoms. The maximum absolute atomic E-state index is 13.3. The minimum atomic E-state index is -4.36. The van der Waals surface area contributed by atoms with Gasteiger partial charge in [-0.3, -0.25) is 5.09 Å². The van der Waals surface area contributed by atoms with Gasteiger partial charge in [0.05, 0.1) is 0 Å². The highest BCUT2D eigenvalue weighted by Crippen LogP contribution is 2.47. The second-order valence-corrected chi connectivity index (χ2v) is 9.47. The van der Waals surface area contributed by atoms with Gasteiger partial charge in [0.25, 0.3) is 0 Å². The summed E-state index contributed by atoms with van der Waals surface area (Å²) in [7, 11) is -4.36. The highest BCUT2D eigenvalue weighted by atomic mass is 31.2. The van der Waals surface area contributed by atoms with Crippen molar-refractivity contribution in [3.63, 3.8) is 0 Å². The predicted molar refractivity (Wildman–Crippen MR) is 89.0 cm³/mol. The van der Waals surface area contributed by atoms with Crippen LogP contribution in [-0.2, 0) is 9.19 Å². The lowest BCUT2D eigenvalue weighted by Crippen LogP contribution is -2.47. The van der Waals surface area contributed by atoms with E-state index in [1.807, 2.05) is 12.1 Å². The van der Waals surface area contributed by atoms with Gasteiger partial charge in [-0.2, -0.15) is 0 Å². The van der Waals surface area contributed by atoms with Crippen LogP contribution in [0.5, 0.6) is 0 Å². The van der Waals surface area contributed by atoms with Crippen LogP contribution in [0.15, 0.2) is 24.3 Å². The Labute approximate surface area is 133 Å². The van der Waals surface area contributed by atoms with Crippen LogP contribution in [0.25, 0.3) is 0 Å². The van der Waals surface area contributed by atoms with E-state index < -0.39 is 7.83 Å².